The quantitative estimate of drug-likeness (QED) is 0.691. The second-order valence-corrected chi connectivity index (χ2v) is 7.10. The topological polar surface area (TPSA) is 87.7 Å². The Balaban J connectivity index is 1.70. The van der Waals surface area contributed by atoms with Crippen LogP contribution in [0.25, 0.3) is 0 Å². The highest BCUT2D eigenvalue weighted by atomic mass is 79.9. The fourth-order valence-electron chi connectivity index (χ4n) is 3.18. The third-order valence-corrected chi connectivity index (χ3v) is 5.03. The van der Waals surface area contributed by atoms with Crippen LogP contribution in [-0.2, 0) is 20.9 Å². The number of nitrogens with one attached hydrogen (secondary N) is 2. The second kappa shape index (κ2) is 8.43. The van der Waals surface area contributed by atoms with E-state index in [4.69, 9.17) is 4.74 Å². The Bertz CT molecular complexity index is 931. The third kappa shape index (κ3) is 3.87. The van der Waals surface area contributed by atoms with Gasteiger partial charge in [-0.25, -0.2) is 0 Å². The monoisotopic (exact) mass is 445 g/mol. The number of para-hydroxylation sites is 1. The summed E-state index contributed by atoms with van der Waals surface area (Å²) in [6, 6.07) is 11.7. The summed E-state index contributed by atoms with van der Waals surface area (Å²) in [5, 5.41) is 5.10. The summed E-state index contributed by atoms with van der Waals surface area (Å²) in [5.74, 6) is -1.32. The van der Waals surface area contributed by atoms with Crippen LogP contribution in [0, 0.1) is 0 Å². The summed E-state index contributed by atoms with van der Waals surface area (Å²) in [5.41, 5.74) is 2.14. The normalized spacial score (nSPS) is 15.2. The number of amides is 3. The standard InChI is InChI=1S/C20H20BrN3O4/c1-3-24-15-9-8-13(21)10-14(15)17(20(24)27)23-19(26)18(25)22-11-12-6-4-5-7-16(12)28-2/h4-10,17H,3,11H2,1-2H3,(H,22,25)(H,23,26)/t17-/m0/s1. The van der Waals surface area contributed by atoms with Gasteiger partial charge in [-0.05, 0) is 31.2 Å². The van der Waals surface area contributed by atoms with Gasteiger partial charge in [-0.2, -0.15) is 0 Å². The van der Waals surface area contributed by atoms with E-state index in [2.05, 4.69) is 26.6 Å². The van der Waals surface area contributed by atoms with Crippen LogP contribution in [0.1, 0.15) is 24.1 Å². The predicted molar refractivity (Wildman–Crippen MR) is 108 cm³/mol. The minimum absolute atomic E-state index is 0.137. The van der Waals surface area contributed by atoms with Crippen molar-refractivity contribution >= 4 is 39.3 Å². The summed E-state index contributed by atoms with van der Waals surface area (Å²) in [6.45, 7) is 2.46. The lowest BCUT2D eigenvalue weighted by Crippen LogP contribution is -2.44. The lowest BCUT2D eigenvalue weighted by molar-refractivity contribution is -0.140. The van der Waals surface area contributed by atoms with Gasteiger partial charge >= 0.3 is 11.8 Å². The first-order chi connectivity index (χ1) is 13.5. The number of likely N-dealkylation sites (N-methyl/N-ethyl adjacent to an activating group) is 1. The summed E-state index contributed by atoms with van der Waals surface area (Å²) in [4.78, 5) is 38.9. The van der Waals surface area contributed by atoms with Crippen LogP contribution in [0.3, 0.4) is 0 Å². The molecule has 2 aromatic carbocycles. The van der Waals surface area contributed by atoms with Gasteiger partial charge in [0.15, 0.2) is 0 Å². The molecule has 0 fully saturated rings. The minimum Gasteiger partial charge on any atom is -0.496 e. The van der Waals surface area contributed by atoms with E-state index < -0.39 is 17.9 Å². The Labute approximate surface area is 171 Å². The molecule has 0 saturated heterocycles. The van der Waals surface area contributed by atoms with Crippen molar-refractivity contribution < 1.29 is 19.1 Å². The Morgan fingerprint density at radius 1 is 1.18 bits per heavy atom. The highest BCUT2D eigenvalue weighted by molar-refractivity contribution is 9.10. The summed E-state index contributed by atoms with van der Waals surface area (Å²) in [6.07, 6.45) is 0. The van der Waals surface area contributed by atoms with E-state index in [0.29, 0.717) is 17.9 Å². The molecule has 7 nitrogen and oxygen atoms in total. The van der Waals surface area contributed by atoms with E-state index >= 15 is 0 Å². The van der Waals surface area contributed by atoms with Crippen LogP contribution in [0.15, 0.2) is 46.9 Å². The molecule has 0 unspecified atom stereocenters. The highest BCUT2D eigenvalue weighted by Gasteiger charge is 2.38. The average Bonchev–Trinajstić information content (AvgIpc) is 2.96. The van der Waals surface area contributed by atoms with Gasteiger partial charge in [-0.1, -0.05) is 34.1 Å². The van der Waals surface area contributed by atoms with Crippen LogP contribution in [-0.4, -0.2) is 31.4 Å². The van der Waals surface area contributed by atoms with E-state index in [-0.39, 0.29) is 12.5 Å². The van der Waals surface area contributed by atoms with Crippen molar-refractivity contribution in [2.24, 2.45) is 0 Å². The maximum Gasteiger partial charge on any atom is 0.310 e. The molecule has 0 bridgehead atoms. The van der Waals surface area contributed by atoms with Crippen LogP contribution >= 0.6 is 15.9 Å². The molecule has 0 aliphatic carbocycles. The molecule has 0 radical (unpaired) electrons. The first-order valence-corrected chi connectivity index (χ1v) is 9.57. The number of fused-ring (bicyclic) bond motifs is 1. The van der Waals surface area contributed by atoms with Gasteiger partial charge in [0.1, 0.15) is 11.8 Å². The number of hydrogen-bond donors (Lipinski definition) is 2. The fraction of sp³-hybridized carbons (Fsp3) is 0.250. The minimum atomic E-state index is -0.892. The van der Waals surface area contributed by atoms with Gasteiger partial charge in [-0.3, -0.25) is 14.4 Å². The zero-order chi connectivity index (χ0) is 20.3. The Morgan fingerprint density at radius 2 is 1.93 bits per heavy atom. The number of methoxy groups -OCH3 is 1. The van der Waals surface area contributed by atoms with Gasteiger partial charge in [-0.15, -0.1) is 0 Å². The molecule has 1 heterocycles. The molecule has 0 aromatic heterocycles. The number of carbonyl (C=O) groups excluding carboxylic acids is 3. The summed E-state index contributed by atoms with van der Waals surface area (Å²) >= 11 is 3.38. The number of benzene rings is 2. The average molecular weight is 446 g/mol. The van der Waals surface area contributed by atoms with Crippen molar-refractivity contribution in [2.45, 2.75) is 19.5 Å². The van der Waals surface area contributed by atoms with Crippen LogP contribution in [0.2, 0.25) is 0 Å². The number of ether oxygens (including phenoxy) is 1. The maximum absolute atomic E-state index is 12.7. The molecule has 2 N–H and O–H groups in total. The largest absolute Gasteiger partial charge is 0.496 e. The van der Waals surface area contributed by atoms with Crippen molar-refractivity contribution in [2.75, 3.05) is 18.6 Å². The van der Waals surface area contributed by atoms with Crippen LogP contribution < -0.4 is 20.3 Å². The number of carbonyl (C=O) groups is 3. The number of hydrogen-bond acceptors (Lipinski definition) is 4. The molecule has 28 heavy (non-hydrogen) atoms. The second-order valence-electron chi connectivity index (χ2n) is 6.19. The van der Waals surface area contributed by atoms with Crippen LogP contribution in [0.4, 0.5) is 5.69 Å². The van der Waals surface area contributed by atoms with Gasteiger partial charge < -0.3 is 20.3 Å². The molecule has 0 saturated carbocycles. The van der Waals surface area contributed by atoms with E-state index in [0.717, 1.165) is 15.7 Å². The van der Waals surface area contributed by atoms with E-state index in [9.17, 15) is 14.4 Å². The van der Waals surface area contributed by atoms with Gasteiger partial charge in [0.05, 0.1) is 7.11 Å². The Hall–Kier alpha value is -2.87. The fourth-order valence-corrected chi connectivity index (χ4v) is 3.56. The first-order valence-electron chi connectivity index (χ1n) is 8.77. The predicted octanol–water partition coefficient (Wildman–Crippen LogP) is 2.30. The molecule has 3 amide bonds. The van der Waals surface area contributed by atoms with E-state index in [1.807, 2.05) is 31.2 Å². The molecule has 0 spiro atoms. The molecular weight excluding hydrogens is 426 g/mol. The van der Waals surface area contributed by atoms with Crippen molar-refractivity contribution in [3.63, 3.8) is 0 Å². The number of halogens is 1. The molecular formula is C20H20BrN3O4. The lowest BCUT2D eigenvalue weighted by atomic mass is 10.1. The molecule has 1 aliphatic heterocycles. The van der Waals surface area contributed by atoms with Gasteiger partial charge in [0, 0.05) is 34.4 Å². The van der Waals surface area contributed by atoms with Crippen molar-refractivity contribution in [1.82, 2.24) is 10.6 Å². The molecule has 8 heteroatoms. The van der Waals surface area contributed by atoms with Crippen molar-refractivity contribution in [1.29, 1.82) is 0 Å². The number of rotatable bonds is 5. The maximum atomic E-state index is 12.7. The zero-order valence-corrected chi connectivity index (χ0v) is 17.1. The lowest BCUT2D eigenvalue weighted by Gasteiger charge is -2.15. The van der Waals surface area contributed by atoms with E-state index in [1.165, 1.54) is 7.11 Å². The van der Waals surface area contributed by atoms with E-state index in [1.54, 1.807) is 23.1 Å². The third-order valence-electron chi connectivity index (χ3n) is 4.53. The first kappa shape index (κ1) is 19.9. The Kier molecular flexibility index (Phi) is 5.99. The molecule has 1 aliphatic rings. The molecule has 3 rings (SSSR count). The summed E-state index contributed by atoms with van der Waals surface area (Å²) in [7, 11) is 1.54. The molecule has 1 atom stereocenters. The summed E-state index contributed by atoms with van der Waals surface area (Å²) < 4.78 is 6.02. The highest BCUT2D eigenvalue weighted by Crippen LogP contribution is 2.37. The van der Waals surface area contributed by atoms with Gasteiger partial charge in [0.25, 0.3) is 5.91 Å². The van der Waals surface area contributed by atoms with Crippen molar-refractivity contribution in [3.05, 3.63) is 58.1 Å². The molecule has 146 valence electrons. The van der Waals surface area contributed by atoms with Gasteiger partial charge in [0.2, 0.25) is 0 Å². The number of nitrogens with zero attached hydrogens (tertiary/aromatic N) is 1. The number of anilines is 1. The van der Waals surface area contributed by atoms with Crippen LogP contribution in [0.5, 0.6) is 5.75 Å². The zero-order valence-electron chi connectivity index (χ0n) is 15.5. The SMILES string of the molecule is CCN1C(=O)[C@@H](NC(=O)C(=O)NCc2ccccc2OC)c2cc(Br)ccc21. The Morgan fingerprint density at radius 3 is 2.64 bits per heavy atom. The smallest absolute Gasteiger partial charge is 0.310 e. The molecule has 2 aromatic rings. The van der Waals surface area contributed by atoms with Crippen molar-refractivity contribution in [3.8, 4) is 5.75 Å².